The smallest absolute Gasteiger partial charge is 0.0619 e. The second-order valence-corrected chi connectivity index (χ2v) is 11.7. The van der Waals surface area contributed by atoms with Crippen molar-refractivity contribution in [2.45, 2.75) is 0 Å². The molecule has 212 valence electrons. The summed E-state index contributed by atoms with van der Waals surface area (Å²) in [6.45, 7) is 0.734. The highest BCUT2D eigenvalue weighted by Crippen LogP contribution is 2.40. The van der Waals surface area contributed by atoms with E-state index < -0.39 is 0 Å². The van der Waals surface area contributed by atoms with Gasteiger partial charge in [-0.15, -0.1) is 18.3 Å². The van der Waals surface area contributed by atoms with Crippen LogP contribution in [0.2, 0.25) is 0 Å². The van der Waals surface area contributed by atoms with E-state index in [-0.39, 0.29) is 0 Å². The molecule has 0 saturated carbocycles. The maximum absolute atomic E-state index is 4.72. The number of rotatable bonds is 4. The summed E-state index contributed by atoms with van der Waals surface area (Å²) in [5.41, 5.74) is 10.7. The number of hydrogen-bond donors (Lipinski definition) is 0. The summed E-state index contributed by atoms with van der Waals surface area (Å²) >= 11 is 0. The van der Waals surface area contributed by atoms with Crippen molar-refractivity contribution in [3.05, 3.63) is 175 Å². The van der Waals surface area contributed by atoms with Gasteiger partial charge in [-0.3, -0.25) is 0 Å². The molecule has 2 heterocycles. The Balaban J connectivity index is 1.25. The molecule has 0 unspecified atom stereocenters. The molecule has 9 rings (SSSR count). The molecule has 0 bridgehead atoms. The molecule has 0 atom stereocenters. The summed E-state index contributed by atoms with van der Waals surface area (Å²) in [7, 11) is 0. The van der Waals surface area contributed by atoms with Gasteiger partial charge in [-0.05, 0) is 74.3 Å². The number of para-hydroxylation sites is 1. The first-order valence-electron chi connectivity index (χ1n) is 15.5. The fourth-order valence-electron chi connectivity index (χ4n) is 6.98. The van der Waals surface area contributed by atoms with Crippen LogP contribution in [0.1, 0.15) is 5.56 Å². The SMILES string of the molecule is C1=CC[N-]C(c2ccc3c(ccc4c5ccc(-c6cccc(-c7cccc8ccccc78)c6)cc5n(-c5ccccc5)c34)c2)=C1. The van der Waals surface area contributed by atoms with Crippen LogP contribution in [0.3, 0.4) is 0 Å². The molecule has 0 N–H and O–H groups in total. The minimum atomic E-state index is 0.734. The standard InChI is InChI=1S/C43H29N2/c1-2-14-35(15-3-1)45-42-28-31(30-12-8-13-32(26-30)37-17-9-11-29-10-4-5-16-36(29)37)19-23-39(42)40-24-20-33-27-34(21-22-38(33)43(40)45)41-18-6-7-25-44-41/h1-24,26-28H,25H2/q-1. The molecule has 1 aliphatic rings. The zero-order valence-electron chi connectivity index (χ0n) is 24.7. The van der Waals surface area contributed by atoms with Crippen LogP contribution >= 0.6 is 0 Å². The van der Waals surface area contributed by atoms with Crippen LogP contribution < -0.4 is 0 Å². The molecule has 0 spiro atoms. The van der Waals surface area contributed by atoms with E-state index in [1.54, 1.807) is 0 Å². The Labute approximate surface area is 262 Å². The molecule has 0 aliphatic carbocycles. The third kappa shape index (κ3) is 4.26. The van der Waals surface area contributed by atoms with E-state index in [1.165, 1.54) is 65.6 Å². The third-order valence-corrected chi connectivity index (χ3v) is 9.11. The van der Waals surface area contributed by atoms with E-state index in [4.69, 9.17) is 5.32 Å². The summed E-state index contributed by atoms with van der Waals surface area (Å²) in [4.78, 5) is 0. The highest BCUT2D eigenvalue weighted by Gasteiger charge is 2.16. The lowest BCUT2D eigenvalue weighted by Crippen LogP contribution is -1.95. The lowest BCUT2D eigenvalue weighted by atomic mass is 9.95. The third-order valence-electron chi connectivity index (χ3n) is 9.11. The predicted octanol–water partition coefficient (Wildman–Crippen LogP) is 11.7. The predicted molar refractivity (Wildman–Crippen MR) is 192 cm³/mol. The van der Waals surface area contributed by atoms with E-state index in [0.29, 0.717) is 0 Å². The van der Waals surface area contributed by atoms with Gasteiger partial charge in [-0.1, -0.05) is 127 Å². The van der Waals surface area contributed by atoms with Gasteiger partial charge in [0.15, 0.2) is 0 Å². The molecule has 8 aromatic rings. The van der Waals surface area contributed by atoms with Crippen LogP contribution in [0.4, 0.5) is 0 Å². The largest absolute Gasteiger partial charge is 0.681 e. The molecule has 0 radical (unpaired) electrons. The van der Waals surface area contributed by atoms with Gasteiger partial charge >= 0.3 is 0 Å². The van der Waals surface area contributed by atoms with Crippen LogP contribution in [0.25, 0.3) is 82.3 Å². The Morgan fingerprint density at radius 3 is 2.16 bits per heavy atom. The molecule has 0 fully saturated rings. The Morgan fingerprint density at radius 2 is 1.24 bits per heavy atom. The zero-order chi connectivity index (χ0) is 29.7. The molecule has 1 aliphatic heterocycles. The van der Waals surface area contributed by atoms with Crippen molar-refractivity contribution in [1.29, 1.82) is 0 Å². The lowest BCUT2D eigenvalue weighted by molar-refractivity contribution is 1.19. The summed E-state index contributed by atoms with van der Waals surface area (Å²) in [6, 6.07) is 53.1. The molecule has 0 amide bonds. The number of nitrogens with zero attached hydrogens (tertiary/aromatic N) is 2. The number of allylic oxidation sites excluding steroid dienone is 2. The van der Waals surface area contributed by atoms with Gasteiger partial charge in [0.05, 0.1) is 11.0 Å². The molecule has 7 aromatic carbocycles. The first-order chi connectivity index (χ1) is 22.3. The van der Waals surface area contributed by atoms with Gasteiger partial charge in [-0.2, -0.15) is 0 Å². The number of benzene rings is 7. The van der Waals surface area contributed by atoms with Crippen LogP contribution in [0.15, 0.2) is 164 Å². The van der Waals surface area contributed by atoms with Gasteiger partial charge in [0.2, 0.25) is 0 Å². The molecular formula is C43H29N2-. The Hall–Kier alpha value is -5.86. The van der Waals surface area contributed by atoms with Crippen molar-refractivity contribution in [1.82, 2.24) is 4.57 Å². The molecule has 0 saturated heterocycles. The van der Waals surface area contributed by atoms with E-state index >= 15 is 0 Å². The van der Waals surface area contributed by atoms with Crippen LogP contribution in [0.5, 0.6) is 0 Å². The van der Waals surface area contributed by atoms with E-state index in [9.17, 15) is 0 Å². The van der Waals surface area contributed by atoms with Gasteiger partial charge < -0.3 is 9.88 Å². The minimum Gasteiger partial charge on any atom is -0.681 e. The lowest BCUT2D eigenvalue weighted by Gasteiger charge is -2.26. The van der Waals surface area contributed by atoms with Crippen LogP contribution in [-0.4, -0.2) is 11.1 Å². The van der Waals surface area contributed by atoms with Gasteiger partial charge in [0, 0.05) is 21.8 Å². The van der Waals surface area contributed by atoms with E-state index in [2.05, 4.69) is 168 Å². The normalized spacial score (nSPS) is 13.0. The monoisotopic (exact) mass is 573 g/mol. The Bertz CT molecular complexity index is 2470. The summed E-state index contributed by atoms with van der Waals surface area (Å²) in [5.74, 6) is 0. The molecule has 2 heteroatoms. The van der Waals surface area contributed by atoms with Crippen molar-refractivity contribution >= 4 is 49.0 Å². The summed E-state index contributed by atoms with van der Waals surface area (Å²) in [6.07, 6.45) is 6.28. The maximum Gasteiger partial charge on any atom is 0.0619 e. The second kappa shape index (κ2) is 10.4. The van der Waals surface area contributed by atoms with Crippen molar-refractivity contribution < 1.29 is 0 Å². The average molecular weight is 574 g/mol. The summed E-state index contributed by atoms with van der Waals surface area (Å²) in [5, 5.41) is 12.2. The molecular weight excluding hydrogens is 544 g/mol. The molecule has 2 nitrogen and oxygen atoms in total. The Kier molecular flexibility index (Phi) is 5.92. The average Bonchev–Trinajstić information content (AvgIpc) is 3.46. The van der Waals surface area contributed by atoms with E-state index in [1.807, 2.05) is 0 Å². The van der Waals surface area contributed by atoms with Crippen molar-refractivity contribution in [3.63, 3.8) is 0 Å². The highest BCUT2D eigenvalue weighted by molar-refractivity contribution is 6.19. The van der Waals surface area contributed by atoms with Gasteiger partial charge in [0.25, 0.3) is 0 Å². The first-order valence-corrected chi connectivity index (χ1v) is 15.5. The molecule has 45 heavy (non-hydrogen) atoms. The quantitative estimate of drug-likeness (QED) is 0.199. The summed E-state index contributed by atoms with van der Waals surface area (Å²) < 4.78 is 2.44. The number of fused-ring (bicyclic) bond motifs is 6. The van der Waals surface area contributed by atoms with Crippen LogP contribution in [-0.2, 0) is 0 Å². The van der Waals surface area contributed by atoms with Gasteiger partial charge in [0.1, 0.15) is 0 Å². The topological polar surface area (TPSA) is 19.0 Å². The van der Waals surface area contributed by atoms with Crippen molar-refractivity contribution in [3.8, 4) is 27.9 Å². The maximum atomic E-state index is 4.72. The highest BCUT2D eigenvalue weighted by atomic mass is 15.0. The number of hydrogen-bond acceptors (Lipinski definition) is 0. The number of aromatic nitrogens is 1. The first kappa shape index (κ1) is 25.6. The second-order valence-electron chi connectivity index (χ2n) is 11.7. The van der Waals surface area contributed by atoms with E-state index in [0.717, 1.165) is 23.5 Å². The molecule has 1 aromatic heterocycles. The fourth-order valence-corrected chi connectivity index (χ4v) is 6.98. The Morgan fingerprint density at radius 1 is 0.489 bits per heavy atom. The van der Waals surface area contributed by atoms with Gasteiger partial charge in [-0.25, -0.2) is 0 Å². The minimum absolute atomic E-state index is 0.734. The van der Waals surface area contributed by atoms with Crippen molar-refractivity contribution in [2.75, 3.05) is 6.54 Å². The van der Waals surface area contributed by atoms with Crippen LogP contribution in [0, 0.1) is 0 Å². The zero-order valence-corrected chi connectivity index (χ0v) is 24.7. The fraction of sp³-hybridized carbons (Fsp3) is 0.0233. The van der Waals surface area contributed by atoms with Crippen molar-refractivity contribution in [2.24, 2.45) is 0 Å².